The van der Waals surface area contributed by atoms with Crippen LogP contribution in [0.3, 0.4) is 0 Å². The van der Waals surface area contributed by atoms with Crippen molar-refractivity contribution in [1.29, 1.82) is 0 Å². The molecular formula is C24H52O2Si. The molecule has 0 aliphatic carbocycles. The summed E-state index contributed by atoms with van der Waals surface area (Å²) in [7, 11) is -2.56. The normalized spacial score (nSPS) is 13.8. The van der Waals surface area contributed by atoms with Gasteiger partial charge in [0.05, 0.1) is 0 Å². The molecule has 0 N–H and O–H groups in total. The molecule has 0 amide bonds. The predicted octanol–water partition coefficient (Wildman–Crippen LogP) is 8.49. The van der Waals surface area contributed by atoms with Crippen molar-refractivity contribution >= 4 is 8.56 Å². The van der Waals surface area contributed by atoms with Crippen LogP contribution in [0.1, 0.15) is 121 Å². The van der Waals surface area contributed by atoms with Gasteiger partial charge in [0.2, 0.25) is 0 Å². The van der Waals surface area contributed by atoms with Crippen molar-refractivity contribution < 1.29 is 8.85 Å². The summed E-state index contributed by atoms with van der Waals surface area (Å²) in [6.45, 7) is 25.1. The van der Waals surface area contributed by atoms with E-state index in [1.807, 2.05) is 0 Å². The van der Waals surface area contributed by atoms with Crippen LogP contribution in [-0.4, -0.2) is 21.8 Å². The van der Waals surface area contributed by atoms with Gasteiger partial charge in [0.15, 0.2) is 0 Å². The quantitative estimate of drug-likeness (QED) is 0.242. The lowest BCUT2D eigenvalue weighted by molar-refractivity contribution is 0.0712. The maximum absolute atomic E-state index is 7.05. The second-order valence-electron chi connectivity index (χ2n) is 8.24. The molecule has 0 fully saturated rings. The van der Waals surface area contributed by atoms with Crippen molar-refractivity contribution in [3.63, 3.8) is 0 Å². The van der Waals surface area contributed by atoms with Crippen molar-refractivity contribution in [1.82, 2.24) is 0 Å². The minimum atomic E-state index is -2.56. The molecule has 164 valence electrons. The summed E-state index contributed by atoms with van der Waals surface area (Å²) >= 11 is 0. The summed E-state index contributed by atoms with van der Waals surface area (Å²) in [5.41, 5.74) is 0. The van der Waals surface area contributed by atoms with Gasteiger partial charge in [-0.3, -0.25) is 0 Å². The van der Waals surface area contributed by atoms with Crippen molar-refractivity contribution in [3.05, 3.63) is 0 Å². The van der Waals surface area contributed by atoms with Gasteiger partial charge in [0.25, 0.3) is 0 Å². The first-order chi connectivity index (χ1) is 12.9. The van der Waals surface area contributed by atoms with Crippen molar-refractivity contribution in [2.45, 2.75) is 131 Å². The third-order valence-electron chi connectivity index (χ3n) is 8.06. The van der Waals surface area contributed by atoms with Crippen LogP contribution in [0.5, 0.6) is 0 Å². The lowest BCUT2D eigenvalue weighted by Crippen LogP contribution is -2.65. The number of hydrogen-bond acceptors (Lipinski definition) is 2. The van der Waals surface area contributed by atoms with E-state index < -0.39 is 8.56 Å². The van der Waals surface area contributed by atoms with E-state index in [4.69, 9.17) is 8.85 Å². The summed E-state index contributed by atoms with van der Waals surface area (Å²) < 4.78 is 14.1. The highest BCUT2D eigenvalue weighted by molar-refractivity contribution is 6.74. The van der Waals surface area contributed by atoms with E-state index in [1.54, 1.807) is 0 Å². The first kappa shape index (κ1) is 27.1. The number of hydrogen-bond donors (Lipinski definition) is 0. The molecule has 27 heavy (non-hydrogen) atoms. The van der Waals surface area contributed by atoms with Crippen LogP contribution in [0.25, 0.3) is 0 Å². The van der Waals surface area contributed by atoms with Crippen LogP contribution >= 0.6 is 0 Å². The Hall–Kier alpha value is 0.137. The molecule has 2 nitrogen and oxygen atoms in total. The summed E-state index contributed by atoms with van der Waals surface area (Å²) in [6.07, 6.45) is 9.57. The van der Waals surface area contributed by atoms with E-state index in [2.05, 4.69) is 69.2 Å². The highest BCUT2D eigenvalue weighted by Gasteiger charge is 2.69. The molecule has 0 saturated carbocycles. The molecule has 0 aromatic heterocycles. The number of rotatable bonds is 16. The molecule has 0 rings (SSSR count). The van der Waals surface area contributed by atoms with E-state index >= 15 is 0 Å². The van der Waals surface area contributed by atoms with Gasteiger partial charge in [0, 0.05) is 23.3 Å². The van der Waals surface area contributed by atoms with Crippen LogP contribution in [-0.2, 0) is 8.85 Å². The maximum atomic E-state index is 7.05. The Balaban J connectivity index is 7.11. The third kappa shape index (κ3) is 4.51. The largest absolute Gasteiger partial charge is 0.394 e. The van der Waals surface area contributed by atoms with E-state index in [0.717, 1.165) is 13.2 Å². The molecule has 0 unspecified atom stereocenters. The molecule has 0 aromatic rings. The second-order valence-corrected chi connectivity index (χ2v) is 12.0. The Morgan fingerprint density at radius 1 is 0.519 bits per heavy atom. The molecule has 0 aromatic carbocycles. The second kappa shape index (κ2) is 12.6. The lowest BCUT2D eigenvalue weighted by atomic mass is 9.81. The summed E-state index contributed by atoms with van der Waals surface area (Å²) in [5.74, 6) is 1.34. The van der Waals surface area contributed by atoms with Gasteiger partial charge >= 0.3 is 8.56 Å². The van der Waals surface area contributed by atoms with Crippen LogP contribution in [0.4, 0.5) is 0 Å². The van der Waals surface area contributed by atoms with Crippen LogP contribution in [0.15, 0.2) is 0 Å². The third-order valence-corrected chi connectivity index (χ3v) is 14.3. The Morgan fingerprint density at radius 3 is 0.926 bits per heavy atom. The molecule has 0 saturated heterocycles. The van der Waals surface area contributed by atoms with Crippen LogP contribution in [0, 0.1) is 11.8 Å². The zero-order valence-electron chi connectivity index (χ0n) is 20.5. The topological polar surface area (TPSA) is 18.5 Å². The lowest BCUT2D eigenvalue weighted by Gasteiger charge is -2.61. The fourth-order valence-electron chi connectivity index (χ4n) is 6.78. The first-order valence-corrected chi connectivity index (χ1v) is 14.0. The Labute approximate surface area is 173 Å². The molecule has 0 radical (unpaired) electrons. The van der Waals surface area contributed by atoms with E-state index in [-0.39, 0.29) is 10.1 Å². The Morgan fingerprint density at radius 2 is 0.778 bits per heavy atom. The minimum Gasteiger partial charge on any atom is -0.394 e. The summed E-state index contributed by atoms with van der Waals surface area (Å²) in [4.78, 5) is 0. The van der Waals surface area contributed by atoms with E-state index in [9.17, 15) is 0 Å². The standard InChI is InChI=1S/C24H52O2Si/c1-11-21(12-2)23(15-5,16-6)27(25-19-9,26-20-10)24(17-7,18-8)22(13-3)14-4/h21-22H,11-20H2,1-10H3. The maximum Gasteiger partial charge on any atom is 0.351 e. The minimum absolute atomic E-state index is 0.178. The highest BCUT2D eigenvalue weighted by Crippen LogP contribution is 2.67. The SMILES string of the molecule is CCO[Si](OCC)(C(CC)(CC)C(CC)CC)C(CC)(CC)C(CC)CC. The van der Waals surface area contributed by atoms with E-state index in [0.29, 0.717) is 11.8 Å². The molecule has 0 atom stereocenters. The molecular weight excluding hydrogens is 348 g/mol. The van der Waals surface area contributed by atoms with Crippen LogP contribution < -0.4 is 0 Å². The predicted molar refractivity (Wildman–Crippen MR) is 124 cm³/mol. The van der Waals surface area contributed by atoms with Gasteiger partial charge in [0.1, 0.15) is 0 Å². The van der Waals surface area contributed by atoms with Gasteiger partial charge in [-0.2, -0.15) is 0 Å². The van der Waals surface area contributed by atoms with Gasteiger partial charge in [-0.1, -0.05) is 81.1 Å². The fraction of sp³-hybridized carbons (Fsp3) is 1.00. The first-order valence-electron chi connectivity index (χ1n) is 12.2. The monoisotopic (exact) mass is 400 g/mol. The summed E-state index contributed by atoms with van der Waals surface area (Å²) in [5, 5.41) is 0.355. The molecule has 3 heteroatoms. The van der Waals surface area contributed by atoms with Crippen molar-refractivity contribution in [3.8, 4) is 0 Å². The zero-order chi connectivity index (χ0) is 21.1. The average Bonchev–Trinajstić information content (AvgIpc) is 2.70. The van der Waals surface area contributed by atoms with Crippen molar-refractivity contribution in [2.24, 2.45) is 11.8 Å². The highest BCUT2D eigenvalue weighted by atomic mass is 28.4. The van der Waals surface area contributed by atoms with Crippen molar-refractivity contribution in [2.75, 3.05) is 13.2 Å². The molecule has 0 aliphatic heterocycles. The fourth-order valence-corrected chi connectivity index (χ4v) is 13.6. The molecule has 0 aliphatic rings. The van der Waals surface area contributed by atoms with Gasteiger partial charge < -0.3 is 8.85 Å². The Bertz CT molecular complexity index is 331. The smallest absolute Gasteiger partial charge is 0.351 e. The average molecular weight is 401 g/mol. The molecule has 0 heterocycles. The van der Waals surface area contributed by atoms with E-state index in [1.165, 1.54) is 51.4 Å². The summed E-state index contributed by atoms with van der Waals surface area (Å²) in [6, 6.07) is 0. The Kier molecular flexibility index (Phi) is 12.7. The molecule has 0 spiro atoms. The van der Waals surface area contributed by atoms with Gasteiger partial charge in [-0.05, 0) is 51.4 Å². The van der Waals surface area contributed by atoms with Gasteiger partial charge in [-0.15, -0.1) is 0 Å². The molecule has 0 bridgehead atoms. The van der Waals surface area contributed by atoms with Crippen LogP contribution in [0.2, 0.25) is 10.1 Å². The van der Waals surface area contributed by atoms with Gasteiger partial charge in [-0.25, -0.2) is 0 Å². The zero-order valence-corrected chi connectivity index (χ0v) is 21.5.